The molecule has 0 saturated heterocycles. The molecule has 1 aromatic rings. The largest absolute Gasteiger partial charge is 0.325 e. The lowest BCUT2D eigenvalue weighted by Crippen LogP contribution is -2.36. The summed E-state index contributed by atoms with van der Waals surface area (Å²) in [6.07, 6.45) is 8.92. The SMILES string of the molecule is Cc1ccc(Cl)cc1NC(=O)CNC1CCCCCCC1. The van der Waals surface area contributed by atoms with Crippen molar-refractivity contribution in [3.8, 4) is 0 Å². The molecule has 2 rings (SSSR count). The number of halogens is 1. The monoisotopic (exact) mass is 308 g/mol. The van der Waals surface area contributed by atoms with Crippen molar-refractivity contribution in [3.63, 3.8) is 0 Å². The number of benzene rings is 1. The van der Waals surface area contributed by atoms with E-state index in [0.717, 1.165) is 11.3 Å². The number of carbonyl (C=O) groups is 1. The molecular formula is C17H25ClN2O. The van der Waals surface area contributed by atoms with Gasteiger partial charge in [0, 0.05) is 16.8 Å². The number of hydrogen-bond donors (Lipinski definition) is 2. The first kappa shape index (κ1) is 16.3. The van der Waals surface area contributed by atoms with Gasteiger partial charge in [-0.1, -0.05) is 49.8 Å². The Labute approximate surface area is 132 Å². The van der Waals surface area contributed by atoms with Crippen LogP contribution in [-0.4, -0.2) is 18.5 Å². The minimum Gasteiger partial charge on any atom is -0.325 e. The highest BCUT2D eigenvalue weighted by Gasteiger charge is 2.12. The van der Waals surface area contributed by atoms with Crippen LogP contribution in [0.5, 0.6) is 0 Å². The highest BCUT2D eigenvalue weighted by Crippen LogP contribution is 2.20. The summed E-state index contributed by atoms with van der Waals surface area (Å²) in [5.41, 5.74) is 1.82. The van der Waals surface area contributed by atoms with Gasteiger partial charge in [0.1, 0.15) is 0 Å². The van der Waals surface area contributed by atoms with Crippen molar-refractivity contribution in [1.82, 2.24) is 5.32 Å². The van der Waals surface area contributed by atoms with Gasteiger partial charge in [-0.25, -0.2) is 0 Å². The first-order valence-electron chi connectivity index (χ1n) is 7.94. The Hall–Kier alpha value is -1.06. The second kappa shape index (κ2) is 8.40. The molecule has 3 nitrogen and oxygen atoms in total. The van der Waals surface area contributed by atoms with E-state index in [0.29, 0.717) is 17.6 Å². The molecule has 1 fully saturated rings. The Morgan fingerprint density at radius 2 is 1.86 bits per heavy atom. The number of anilines is 1. The maximum Gasteiger partial charge on any atom is 0.238 e. The minimum absolute atomic E-state index is 0.00225. The van der Waals surface area contributed by atoms with Gasteiger partial charge in [0.15, 0.2) is 0 Å². The Bertz CT molecular complexity index is 468. The standard InChI is InChI=1S/C17H25ClN2O/c1-13-9-10-14(18)11-16(13)20-17(21)12-19-15-7-5-3-2-4-6-8-15/h9-11,15,19H,2-8,12H2,1H3,(H,20,21). The van der Waals surface area contributed by atoms with Gasteiger partial charge in [-0.2, -0.15) is 0 Å². The molecule has 21 heavy (non-hydrogen) atoms. The summed E-state index contributed by atoms with van der Waals surface area (Å²) in [7, 11) is 0. The summed E-state index contributed by atoms with van der Waals surface area (Å²) >= 11 is 5.97. The van der Waals surface area contributed by atoms with Crippen LogP contribution in [0.2, 0.25) is 5.02 Å². The lowest BCUT2D eigenvalue weighted by Gasteiger charge is -2.21. The number of hydrogen-bond acceptors (Lipinski definition) is 2. The molecule has 1 aliphatic rings. The maximum absolute atomic E-state index is 12.1. The lowest BCUT2D eigenvalue weighted by atomic mass is 9.97. The minimum atomic E-state index is 0.00225. The molecule has 2 N–H and O–H groups in total. The summed E-state index contributed by atoms with van der Waals surface area (Å²) in [5, 5.41) is 6.97. The Balaban J connectivity index is 1.79. The van der Waals surface area contributed by atoms with Gasteiger partial charge in [0.2, 0.25) is 5.91 Å². The van der Waals surface area contributed by atoms with Gasteiger partial charge in [-0.3, -0.25) is 4.79 Å². The summed E-state index contributed by atoms with van der Waals surface area (Å²) in [4.78, 5) is 12.1. The molecule has 0 atom stereocenters. The third-order valence-corrected chi connectivity index (χ3v) is 4.37. The fourth-order valence-electron chi connectivity index (χ4n) is 2.82. The number of carbonyl (C=O) groups excluding carboxylic acids is 1. The normalized spacial score (nSPS) is 17.0. The average Bonchev–Trinajstić information content (AvgIpc) is 2.42. The smallest absolute Gasteiger partial charge is 0.238 e. The van der Waals surface area contributed by atoms with E-state index in [1.165, 1.54) is 44.9 Å². The molecule has 1 saturated carbocycles. The quantitative estimate of drug-likeness (QED) is 0.871. The van der Waals surface area contributed by atoms with Gasteiger partial charge >= 0.3 is 0 Å². The van der Waals surface area contributed by atoms with Crippen molar-refractivity contribution in [2.75, 3.05) is 11.9 Å². The number of aryl methyl sites for hydroxylation is 1. The Kier molecular flexibility index (Phi) is 6.52. The van der Waals surface area contributed by atoms with E-state index in [9.17, 15) is 4.79 Å². The van der Waals surface area contributed by atoms with Crippen LogP contribution < -0.4 is 10.6 Å². The zero-order chi connectivity index (χ0) is 15.1. The predicted molar refractivity (Wildman–Crippen MR) is 88.9 cm³/mol. The Morgan fingerprint density at radius 1 is 1.19 bits per heavy atom. The molecule has 1 amide bonds. The van der Waals surface area contributed by atoms with Crippen LogP contribution in [0.3, 0.4) is 0 Å². The molecule has 0 heterocycles. The molecule has 0 spiro atoms. The first-order chi connectivity index (χ1) is 10.1. The van der Waals surface area contributed by atoms with E-state index < -0.39 is 0 Å². The molecule has 4 heteroatoms. The van der Waals surface area contributed by atoms with Crippen LogP contribution in [0.15, 0.2) is 18.2 Å². The van der Waals surface area contributed by atoms with Crippen LogP contribution in [0.1, 0.15) is 50.5 Å². The van der Waals surface area contributed by atoms with Crippen LogP contribution in [0, 0.1) is 6.92 Å². The van der Waals surface area contributed by atoms with E-state index in [2.05, 4.69) is 10.6 Å². The molecule has 0 aromatic heterocycles. The highest BCUT2D eigenvalue weighted by atomic mass is 35.5. The van der Waals surface area contributed by atoms with E-state index in [4.69, 9.17) is 11.6 Å². The molecule has 1 aliphatic carbocycles. The lowest BCUT2D eigenvalue weighted by molar-refractivity contribution is -0.115. The highest BCUT2D eigenvalue weighted by molar-refractivity contribution is 6.31. The van der Waals surface area contributed by atoms with Crippen LogP contribution in [-0.2, 0) is 4.79 Å². The van der Waals surface area contributed by atoms with E-state index >= 15 is 0 Å². The second-order valence-corrected chi connectivity index (χ2v) is 6.37. The number of nitrogens with one attached hydrogen (secondary N) is 2. The van der Waals surface area contributed by atoms with Gasteiger partial charge < -0.3 is 10.6 Å². The van der Waals surface area contributed by atoms with Gasteiger partial charge in [0.25, 0.3) is 0 Å². The van der Waals surface area contributed by atoms with Crippen molar-refractivity contribution in [1.29, 1.82) is 0 Å². The zero-order valence-electron chi connectivity index (χ0n) is 12.8. The van der Waals surface area contributed by atoms with Crippen molar-refractivity contribution in [2.24, 2.45) is 0 Å². The van der Waals surface area contributed by atoms with E-state index in [-0.39, 0.29) is 5.91 Å². The van der Waals surface area contributed by atoms with Crippen molar-refractivity contribution >= 4 is 23.2 Å². The fraction of sp³-hybridized carbons (Fsp3) is 0.588. The molecule has 116 valence electrons. The van der Waals surface area contributed by atoms with Gasteiger partial charge in [-0.05, 0) is 37.5 Å². The summed E-state index contributed by atoms with van der Waals surface area (Å²) < 4.78 is 0. The van der Waals surface area contributed by atoms with Crippen LogP contribution in [0.4, 0.5) is 5.69 Å². The maximum atomic E-state index is 12.1. The molecular weight excluding hydrogens is 284 g/mol. The third kappa shape index (κ3) is 5.68. The predicted octanol–water partition coefficient (Wildman–Crippen LogP) is 4.29. The molecule has 1 aromatic carbocycles. The Morgan fingerprint density at radius 3 is 2.57 bits per heavy atom. The second-order valence-electron chi connectivity index (χ2n) is 5.93. The van der Waals surface area contributed by atoms with E-state index in [1.54, 1.807) is 6.07 Å². The van der Waals surface area contributed by atoms with Crippen molar-refractivity contribution < 1.29 is 4.79 Å². The van der Waals surface area contributed by atoms with Gasteiger partial charge in [0.05, 0.1) is 6.54 Å². The topological polar surface area (TPSA) is 41.1 Å². The average molecular weight is 309 g/mol. The van der Waals surface area contributed by atoms with E-state index in [1.807, 2.05) is 19.1 Å². The summed E-state index contributed by atoms with van der Waals surface area (Å²) in [6, 6.07) is 6.03. The number of rotatable bonds is 4. The fourth-order valence-corrected chi connectivity index (χ4v) is 2.99. The van der Waals surface area contributed by atoms with Crippen LogP contribution >= 0.6 is 11.6 Å². The molecule has 0 unspecified atom stereocenters. The molecule has 0 bridgehead atoms. The first-order valence-corrected chi connectivity index (χ1v) is 8.32. The van der Waals surface area contributed by atoms with Crippen molar-refractivity contribution in [3.05, 3.63) is 28.8 Å². The molecule has 0 radical (unpaired) electrons. The van der Waals surface area contributed by atoms with Gasteiger partial charge in [-0.15, -0.1) is 0 Å². The summed E-state index contributed by atoms with van der Waals surface area (Å²) in [5.74, 6) is 0.00225. The van der Waals surface area contributed by atoms with Crippen molar-refractivity contribution in [2.45, 2.75) is 57.9 Å². The number of amides is 1. The molecule has 0 aliphatic heterocycles. The zero-order valence-corrected chi connectivity index (χ0v) is 13.5. The van der Waals surface area contributed by atoms with Crippen LogP contribution in [0.25, 0.3) is 0 Å². The third-order valence-electron chi connectivity index (χ3n) is 4.13. The summed E-state index contributed by atoms with van der Waals surface area (Å²) in [6.45, 7) is 2.34.